The van der Waals surface area contributed by atoms with Crippen LogP contribution in [0.5, 0.6) is 5.75 Å². The van der Waals surface area contributed by atoms with Crippen molar-refractivity contribution >= 4 is 17.7 Å². The van der Waals surface area contributed by atoms with Crippen molar-refractivity contribution in [3.8, 4) is 5.75 Å². The van der Waals surface area contributed by atoms with Crippen LogP contribution in [0, 0.1) is 5.92 Å². The number of nitrogens with one attached hydrogen (secondary N) is 2. The molecule has 1 atom stereocenters. The summed E-state index contributed by atoms with van der Waals surface area (Å²) in [4.78, 5) is 37.8. The molecule has 1 fully saturated rings. The summed E-state index contributed by atoms with van der Waals surface area (Å²) in [6, 6.07) is 11.0. The second-order valence-electron chi connectivity index (χ2n) is 7.30. The van der Waals surface area contributed by atoms with Crippen LogP contribution in [0.15, 0.2) is 47.1 Å². The van der Waals surface area contributed by atoms with Crippen LogP contribution in [0.25, 0.3) is 0 Å². The highest BCUT2D eigenvalue weighted by Crippen LogP contribution is 2.20. The van der Waals surface area contributed by atoms with E-state index >= 15 is 0 Å². The van der Waals surface area contributed by atoms with Gasteiger partial charge in [-0.15, -0.1) is 0 Å². The lowest BCUT2D eigenvalue weighted by atomic mass is 10.0. The first-order valence-corrected chi connectivity index (χ1v) is 9.54. The minimum absolute atomic E-state index is 0.0983. The van der Waals surface area contributed by atoms with Crippen molar-refractivity contribution in [2.75, 3.05) is 13.2 Å². The maximum atomic E-state index is 12.2. The molecule has 1 aromatic carbocycles. The number of amides is 3. The van der Waals surface area contributed by atoms with Crippen LogP contribution in [0.3, 0.4) is 0 Å². The molecule has 8 heteroatoms. The summed E-state index contributed by atoms with van der Waals surface area (Å²) in [5.74, 6) is 0.110. The smallest absolute Gasteiger partial charge is 0.276 e. The van der Waals surface area contributed by atoms with E-state index in [1.54, 1.807) is 29.2 Å². The van der Waals surface area contributed by atoms with Gasteiger partial charge in [0.05, 0.1) is 18.7 Å². The van der Waals surface area contributed by atoms with Crippen LogP contribution < -0.4 is 15.6 Å². The molecular formula is C21H25N3O5. The molecule has 154 valence electrons. The number of hydrogen-bond acceptors (Lipinski definition) is 5. The lowest BCUT2D eigenvalue weighted by Crippen LogP contribution is -2.46. The van der Waals surface area contributed by atoms with E-state index in [2.05, 4.69) is 24.7 Å². The Labute approximate surface area is 169 Å². The predicted octanol–water partition coefficient (Wildman–Crippen LogP) is 1.98. The van der Waals surface area contributed by atoms with E-state index in [0.717, 1.165) is 0 Å². The molecule has 0 spiro atoms. The number of nitrogens with zero attached hydrogens (tertiary/aromatic N) is 1. The fraction of sp³-hybridized carbons (Fsp3) is 0.381. The predicted molar refractivity (Wildman–Crippen MR) is 105 cm³/mol. The fourth-order valence-electron chi connectivity index (χ4n) is 3.06. The number of benzene rings is 1. The van der Waals surface area contributed by atoms with Gasteiger partial charge in [0, 0.05) is 13.0 Å². The van der Waals surface area contributed by atoms with Gasteiger partial charge in [0.2, 0.25) is 11.8 Å². The van der Waals surface area contributed by atoms with E-state index in [-0.39, 0.29) is 25.5 Å². The van der Waals surface area contributed by atoms with Crippen LogP contribution in [0.2, 0.25) is 0 Å². The molecule has 1 saturated heterocycles. The van der Waals surface area contributed by atoms with Crippen molar-refractivity contribution in [2.24, 2.45) is 5.92 Å². The Balaban J connectivity index is 1.39. The fourth-order valence-corrected chi connectivity index (χ4v) is 3.06. The summed E-state index contributed by atoms with van der Waals surface area (Å²) < 4.78 is 10.7. The third kappa shape index (κ3) is 5.60. The molecule has 2 aromatic rings. The Hall–Kier alpha value is -3.29. The first-order chi connectivity index (χ1) is 13.9. The zero-order chi connectivity index (χ0) is 20.8. The third-order valence-corrected chi connectivity index (χ3v) is 4.75. The molecule has 0 radical (unpaired) electrons. The lowest BCUT2D eigenvalue weighted by molar-refractivity contribution is -0.132. The highest BCUT2D eigenvalue weighted by Gasteiger charge is 2.34. The maximum Gasteiger partial charge on any atom is 0.276 e. The van der Waals surface area contributed by atoms with Gasteiger partial charge in [-0.1, -0.05) is 26.0 Å². The molecule has 0 bridgehead atoms. The number of hydrazine groups is 1. The molecule has 2 heterocycles. The zero-order valence-electron chi connectivity index (χ0n) is 16.5. The molecule has 1 aliphatic heterocycles. The molecule has 1 unspecified atom stereocenters. The molecule has 1 aromatic heterocycles. The van der Waals surface area contributed by atoms with Crippen molar-refractivity contribution in [1.82, 2.24) is 15.8 Å². The molecule has 2 N–H and O–H groups in total. The van der Waals surface area contributed by atoms with E-state index in [1.807, 2.05) is 12.1 Å². The van der Waals surface area contributed by atoms with Gasteiger partial charge >= 0.3 is 0 Å². The molecule has 0 saturated carbocycles. The Kier molecular flexibility index (Phi) is 6.54. The third-order valence-electron chi connectivity index (χ3n) is 4.75. The van der Waals surface area contributed by atoms with Gasteiger partial charge in [0.25, 0.3) is 5.91 Å². The monoisotopic (exact) mass is 399 g/mol. The van der Waals surface area contributed by atoms with E-state index in [0.29, 0.717) is 24.0 Å². The van der Waals surface area contributed by atoms with Crippen molar-refractivity contribution in [3.63, 3.8) is 0 Å². The van der Waals surface area contributed by atoms with Crippen molar-refractivity contribution in [2.45, 2.75) is 32.7 Å². The highest BCUT2D eigenvalue weighted by molar-refractivity contribution is 5.90. The van der Waals surface area contributed by atoms with Crippen LogP contribution in [0.4, 0.5) is 0 Å². The Morgan fingerprint density at radius 1 is 1.21 bits per heavy atom. The van der Waals surface area contributed by atoms with Gasteiger partial charge in [-0.05, 0) is 35.7 Å². The van der Waals surface area contributed by atoms with Gasteiger partial charge < -0.3 is 14.1 Å². The van der Waals surface area contributed by atoms with Gasteiger partial charge in [-0.2, -0.15) is 0 Å². The molecule has 3 amide bonds. The van der Waals surface area contributed by atoms with Gasteiger partial charge in [-0.3, -0.25) is 25.2 Å². The van der Waals surface area contributed by atoms with Crippen molar-refractivity contribution in [1.29, 1.82) is 0 Å². The van der Waals surface area contributed by atoms with Crippen molar-refractivity contribution < 1.29 is 23.5 Å². The van der Waals surface area contributed by atoms with Crippen LogP contribution >= 0.6 is 0 Å². The van der Waals surface area contributed by atoms with Crippen molar-refractivity contribution in [3.05, 3.63) is 54.0 Å². The number of carbonyl (C=O) groups is 3. The van der Waals surface area contributed by atoms with Crippen LogP contribution in [0.1, 0.15) is 37.5 Å². The number of carbonyl (C=O) groups excluding carboxylic acids is 3. The Morgan fingerprint density at radius 2 is 1.97 bits per heavy atom. The lowest BCUT2D eigenvalue weighted by Gasteiger charge is -2.15. The molecule has 1 aliphatic rings. The van der Waals surface area contributed by atoms with Gasteiger partial charge in [0.15, 0.2) is 6.61 Å². The minimum atomic E-state index is -0.526. The first kappa shape index (κ1) is 20.4. The first-order valence-electron chi connectivity index (χ1n) is 9.54. The largest absolute Gasteiger partial charge is 0.484 e. The molecular weight excluding hydrogens is 374 g/mol. The number of likely N-dealkylation sites (tertiary alicyclic amines) is 1. The molecule has 8 nitrogen and oxygen atoms in total. The minimum Gasteiger partial charge on any atom is -0.484 e. The maximum absolute atomic E-state index is 12.2. The summed E-state index contributed by atoms with van der Waals surface area (Å²) in [5, 5.41) is 0. The number of hydrogen-bond donors (Lipinski definition) is 2. The second-order valence-corrected chi connectivity index (χ2v) is 7.30. The number of furan rings is 1. The summed E-state index contributed by atoms with van der Waals surface area (Å²) in [7, 11) is 0. The average molecular weight is 399 g/mol. The molecule has 0 aliphatic carbocycles. The Bertz CT molecular complexity index is 846. The van der Waals surface area contributed by atoms with Crippen LogP contribution in [-0.4, -0.2) is 35.8 Å². The quantitative estimate of drug-likeness (QED) is 0.694. The van der Waals surface area contributed by atoms with Crippen LogP contribution in [-0.2, 0) is 20.9 Å². The molecule has 3 rings (SSSR count). The van der Waals surface area contributed by atoms with Gasteiger partial charge in [-0.25, -0.2) is 0 Å². The molecule has 29 heavy (non-hydrogen) atoms. The number of rotatable bonds is 7. The van der Waals surface area contributed by atoms with E-state index in [1.165, 1.54) is 11.8 Å². The van der Waals surface area contributed by atoms with E-state index < -0.39 is 17.7 Å². The van der Waals surface area contributed by atoms with E-state index in [4.69, 9.17) is 9.15 Å². The highest BCUT2D eigenvalue weighted by atomic mass is 16.5. The summed E-state index contributed by atoms with van der Waals surface area (Å²) in [5.41, 5.74) is 5.87. The Morgan fingerprint density at radius 3 is 2.62 bits per heavy atom. The van der Waals surface area contributed by atoms with Gasteiger partial charge in [0.1, 0.15) is 11.5 Å². The second kappa shape index (κ2) is 9.27. The summed E-state index contributed by atoms with van der Waals surface area (Å²) in [6.45, 7) is 4.57. The summed E-state index contributed by atoms with van der Waals surface area (Å²) >= 11 is 0. The normalized spacial score (nSPS) is 16.2. The number of ether oxygens (including phenoxy) is 1. The summed E-state index contributed by atoms with van der Waals surface area (Å²) in [6.07, 6.45) is 1.64. The standard InChI is InChI=1S/C21H25N3O5/c1-14(2)15-5-7-17(8-6-15)29-13-19(25)22-23-21(27)16-10-20(26)24(11-16)12-18-4-3-9-28-18/h3-9,14,16H,10-13H2,1-2H3,(H,22,25)(H,23,27). The average Bonchev–Trinajstić information content (AvgIpc) is 3.35. The SMILES string of the molecule is CC(C)c1ccc(OCC(=O)NNC(=O)C2CC(=O)N(Cc3ccco3)C2)cc1. The zero-order valence-corrected chi connectivity index (χ0v) is 16.5. The van der Waals surface area contributed by atoms with E-state index in [9.17, 15) is 14.4 Å². The topological polar surface area (TPSA) is 101 Å².